The molecule has 134 valence electrons. The highest BCUT2D eigenvalue weighted by Gasteiger charge is 2.28. The number of terminal acetylenes is 1. The zero-order valence-corrected chi connectivity index (χ0v) is 14.8. The van der Waals surface area contributed by atoms with Crippen LogP contribution in [-0.4, -0.2) is 15.5 Å². The largest absolute Gasteiger partial charge is 0.326 e. The number of carbonyl (C=O) groups excluding carboxylic acids is 1. The van der Waals surface area contributed by atoms with Gasteiger partial charge >= 0.3 is 0 Å². The standard InChI is InChI=1S/C22H19N3O2/c1-2-15-6-5-7-16(14-15)23-21(26)13-12-20-24-19-9-4-3-8-18(19)22(27)25(20)17-10-11-17/h1,3-9,14,17H,10-13H2,(H,23,26). The molecule has 1 saturated carbocycles. The summed E-state index contributed by atoms with van der Waals surface area (Å²) in [6.45, 7) is 0. The SMILES string of the molecule is C#Cc1cccc(NC(=O)CCc2nc3ccccc3c(=O)n2C2CC2)c1. The van der Waals surface area contributed by atoms with Crippen molar-refractivity contribution in [1.29, 1.82) is 0 Å². The molecule has 4 rings (SSSR count). The summed E-state index contributed by atoms with van der Waals surface area (Å²) in [6.07, 6.45) is 8.02. The van der Waals surface area contributed by atoms with Crippen LogP contribution in [-0.2, 0) is 11.2 Å². The topological polar surface area (TPSA) is 64.0 Å². The molecule has 1 aromatic heterocycles. The number of aryl methyl sites for hydroxylation is 1. The number of para-hydroxylation sites is 1. The lowest BCUT2D eigenvalue weighted by Gasteiger charge is -2.13. The van der Waals surface area contributed by atoms with Gasteiger partial charge < -0.3 is 5.32 Å². The number of rotatable bonds is 5. The van der Waals surface area contributed by atoms with E-state index in [2.05, 4.69) is 16.2 Å². The summed E-state index contributed by atoms with van der Waals surface area (Å²) in [5.41, 5.74) is 2.05. The molecule has 0 radical (unpaired) electrons. The predicted molar refractivity (Wildman–Crippen MR) is 106 cm³/mol. The Morgan fingerprint density at radius 3 is 2.81 bits per heavy atom. The van der Waals surface area contributed by atoms with Crippen LogP contribution >= 0.6 is 0 Å². The van der Waals surface area contributed by atoms with Crippen molar-refractivity contribution in [3.63, 3.8) is 0 Å². The monoisotopic (exact) mass is 357 g/mol. The van der Waals surface area contributed by atoms with Crippen LogP contribution in [0, 0.1) is 12.3 Å². The molecular weight excluding hydrogens is 338 g/mol. The van der Waals surface area contributed by atoms with Gasteiger partial charge in [0.2, 0.25) is 5.91 Å². The molecule has 0 unspecified atom stereocenters. The summed E-state index contributed by atoms with van der Waals surface area (Å²) >= 11 is 0. The summed E-state index contributed by atoms with van der Waals surface area (Å²) in [4.78, 5) is 29.9. The molecule has 0 bridgehead atoms. The molecule has 0 aliphatic heterocycles. The van der Waals surface area contributed by atoms with Gasteiger partial charge in [0.1, 0.15) is 5.82 Å². The maximum absolute atomic E-state index is 12.8. The molecular formula is C22H19N3O2. The van der Waals surface area contributed by atoms with E-state index in [1.54, 1.807) is 28.8 Å². The molecule has 1 heterocycles. The van der Waals surface area contributed by atoms with Crippen molar-refractivity contribution in [3.05, 3.63) is 70.3 Å². The second kappa shape index (κ2) is 7.08. The second-order valence-corrected chi connectivity index (χ2v) is 6.72. The minimum absolute atomic E-state index is 0.0137. The third-order valence-corrected chi connectivity index (χ3v) is 4.68. The maximum Gasteiger partial charge on any atom is 0.261 e. The van der Waals surface area contributed by atoms with Gasteiger partial charge in [-0.1, -0.05) is 24.1 Å². The molecule has 1 aliphatic carbocycles. The third-order valence-electron chi connectivity index (χ3n) is 4.68. The van der Waals surface area contributed by atoms with E-state index in [4.69, 9.17) is 6.42 Å². The molecule has 1 aliphatic rings. The van der Waals surface area contributed by atoms with Crippen molar-refractivity contribution in [1.82, 2.24) is 9.55 Å². The summed E-state index contributed by atoms with van der Waals surface area (Å²) in [6, 6.07) is 14.7. The van der Waals surface area contributed by atoms with E-state index in [0.29, 0.717) is 34.4 Å². The first-order valence-electron chi connectivity index (χ1n) is 9.02. The van der Waals surface area contributed by atoms with E-state index in [0.717, 1.165) is 12.8 Å². The van der Waals surface area contributed by atoms with Crippen molar-refractivity contribution in [2.45, 2.75) is 31.7 Å². The highest BCUT2D eigenvalue weighted by atomic mass is 16.1. The highest BCUT2D eigenvalue weighted by molar-refractivity contribution is 5.91. The van der Waals surface area contributed by atoms with Gasteiger partial charge in [0, 0.05) is 30.1 Å². The fourth-order valence-electron chi connectivity index (χ4n) is 3.21. The van der Waals surface area contributed by atoms with Crippen LogP contribution in [0.15, 0.2) is 53.3 Å². The van der Waals surface area contributed by atoms with Crippen molar-refractivity contribution < 1.29 is 4.79 Å². The first kappa shape index (κ1) is 17.0. The van der Waals surface area contributed by atoms with Crippen LogP contribution in [0.3, 0.4) is 0 Å². The van der Waals surface area contributed by atoms with Crippen LogP contribution < -0.4 is 10.9 Å². The molecule has 0 spiro atoms. The number of carbonyl (C=O) groups is 1. The smallest absolute Gasteiger partial charge is 0.261 e. The number of hydrogen-bond donors (Lipinski definition) is 1. The van der Waals surface area contributed by atoms with E-state index < -0.39 is 0 Å². The third kappa shape index (κ3) is 3.61. The molecule has 3 aromatic rings. The fourth-order valence-corrected chi connectivity index (χ4v) is 3.21. The first-order chi connectivity index (χ1) is 13.2. The van der Waals surface area contributed by atoms with Crippen LogP contribution in [0.2, 0.25) is 0 Å². The maximum atomic E-state index is 12.8. The van der Waals surface area contributed by atoms with Gasteiger partial charge in [0.25, 0.3) is 5.56 Å². The lowest BCUT2D eigenvalue weighted by Crippen LogP contribution is -2.25. The second-order valence-electron chi connectivity index (χ2n) is 6.72. The van der Waals surface area contributed by atoms with E-state index in [9.17, 15) is 9.59 Å². The summed E-state index contributed by atoms with van der Waals surface area (Å²) in [5.74, 6) is 3.09. The van der Waals surface area contributed by atoms with E-state index in [1.807, 2.05) is 24.3 Å². The molecule has 2 aromatic carbocycles. The molecule has 5 heteroatoms. The Balaban J connectivity index is 1.55. The number of aromatic nitrogens is 2. The number of fused-ring (bicyclic) bond motifs is 1. The van der Waals surface area contributed by atoms with Gasteiger partial charge in [-0.25, -0.2) is 4.98 Å². The van der Waals surface area contributed by atoms with Crippen molar-refractivity contribution in [2.24, 2.45) is 0 Å². The van der Waals surface area contributed by atoms with Crippen molar-refractivity contribution in [2.75, 3.05) is 5.32 Å². The molecule has 1 fully saturated rings. The summed E-state index contributed by atoms with van der Waals surface area (Å²) < 4.78 is 1.77. The Labute approximate surface area is 157 Å². The zero-order chi connectivity index (χ0) is 18.8. The number of anilines is 1. The summed E-state index contributed by atoms with van der Waals surface area (Å²) in [5, 5.41) is 3.48. The van der Waals surface area contributed by atoms with Crippen LogP contribution in [0.1, 0.15) is 36.7 Å². The van der Waals surface area contributed by atoms with Gasteiger partial charge in [-0.2, -0.15) is 0 Å². The predicted octanol–water partition coefficient (Wildman–Crippen LogP) is 3.28. The lowest BCUT2D eigenvalue weighted by atomic mass is 10.2. The molecule has 5 nitrogen and oxygen atoms in total. The van der Waals surface area contributed by atoms with Crippen LogP contribution in [0.4, 0.5) is 5.69 Å². The first-order valence-corrected chi connectivity index (χ1v) is 9.02. The Morgan fingerprint density at radius 1 is 1.22 bits per heavy atom. The van der Waals surface area contributed by atoms with Gasteiger partial charge in [-0.3, -0.25) is 14.2 Å². The molecule has 0 atom stereocenters. The zero-order valence-electron chi connectivity index (χ0n) is 14.8. The van der Waals surface area contributed by atoms with Gasteiger partial charge in [0.05, 0.1) is 10.9 Å². The molecule has 0 saturated heterocycles. The number of nitrogens with one attached hydrogen (secondary N) is 1. The lowest BCUT2D eigenvalue weighted by molar-refractivity contribution is -0.116. The number of benzene rings is 2. The summed E-state index contributed by atoms with van der Waals surface area (Å²) in [7, 11) is 0. The Morgan fingerprint density at radius 2 is 2.04 bits per heavy atom. The minimum atomic E-state index is -0.131. The Kier molecular flexibility index (Phi) is 4.47. The van der Waals surface area contributed by atoms with Crippen LogP contribution in [0.25, 0.3) is 10.9 Å². The quantitative estimate of drug-likeness (QED) is 0.713. The average molecular weight is 357 g/mol. The molecule has 1 amide bonds. The highest BCUT2D eigenvalue weighted by Crippen LogP contribution is 2.34. The van der Waals surface area contributed by atoms with E-state index in [1.165, 1.54) is 0 Å². The van der Waals surface area contributed by atoms with E-state index >= 15 is 0 Å². The minimum Gasteiger partial charge on any atom is -0.326 e. The van der Waals surface area contributed by atoms with Crippen molar-refractivity contribution in [3.8, 4) is 12.3 Å². The van der Waals surface area contributed by atoms with Gasteiger partial charge in [0.15, 0.2) is 0 Å². The Hall–Kier alpha value is -3.39. The number of hydrogen-bond acceptors (Lipinski definition) is 3. The van der Waals surface area contributed by atoms with Crippen molar-refractivity contribution >= 4 is 22.5 Å². The number of amides is 1. The molecule has 1 N–H and O–H groups in total. The van der Waals surface area contributed by atoms with E-state index in [-0.39, 0.29) is 23.9 Å². The Bertz CT molecular complexity index is 1120. The normalized spacial score (nSPS) is 13.3. The average Bonchev–Trinajstić information content (AvgIpc) is 3.51. The van der Waals surface area contributed by atoms with Gasteiger partial charge in [-0.15, -0.1) is 6.42 Å². The van der Waals surface area contributed by atoms with Crippen LogP contribution in [0.5, 0.6) is 0 Å². The fraction of sp³-hybridized carbons (Fsp3) is 0.227. The van der Waals surface area contributed by atoms with Gasteiger partial charge in [-0.05, 0) is 43.2 Å². The molecule has 27 heavy (non-hydrogen) atoms. The number of nitrogens with zero attached hydrogens (tertiary/aromatic N) is 2.